The first-order valence-corrected chi connectivity index (χ1v) is 10.1. The van der Waals surface area contributed by atoms with Crippen LogP contribution in [-0.4, -0.2) is 47.9 Å². The highest BCUT2D eigenvalue weighted by Gasteiger charge is 2.26. The van der Waals surface area contributed by atoms with E-state index in [4.69, 9.17) is 5.73 Å². The third kappa shape index (κ3) is 4.26. The van der Waals surface area contributed by atoms with Crippen molar-refractivity contribution in [3.8, 4) is 11.1 Å². The Morgan fingerprint density at radius 1 is 0.935 bits per heavy atom. The minimum Gasteiger partial charge on any atom is -0.365 e. The van der Waals surface area contributed by atoms with Gasteiger partial charge in [-0.3, -0.25) is 9.59 Å². The summed E-state index contributed by atoms with van der Waals surface area (Å²) in [6, 6.07) is 15.8. The van der Waals surface area contributed by atoms with Crippen molar-refractivity contribution in [2.24, 2.45) is 5.73 Å². The molecule has 2 aromatic carbocycles. The number of nitrogens with zero attached hydrogens (tertiary/aromatic N) is 3. The molecule has 1 aliphatic rings. The molecule has 31 heavy (non-hydrogen) atoms. The lowest BCUT2D eigenvalue weighted by Gasteiger charge is -2.36. The summed E-state index contributed by atoms with van der Waals surface area (Å²) in [5, 5.41) is 0. The maximum atomic E-state index is 14.8. The molecule has 2 heterocycles. The maximum absolute atomic E-state index is 14.8. The van der Waals surface area contributed by atoms with Gasteiger partial charge in [0.25, 0.3) is 11.8 Å². The van der Waals surface area contributed by atoms with Gasteiger partial charge in [0.2, 0.25) is 0 Å². The first-order chi connectivity index (χ1) is 14.9. The highest BCUT2D eigenvalue weighted by atomic mass is 19.1. The number of carbonyl (C=O) groups excluding carboxylic acids is 2. The third-order valence-electron chi connectivity index (χ3n) is 5.50. The molecule has 158 valence electrons. The zero-order chi connectivity index (χ0) is 22.0. The molecule has 0 spiro atoms. The number of halogens is 1. The molecule has 1 fully saturated rings. The van der Waals surface area contributed by atoms with E-state index in [1.165, 1.54) is 6.07 Å². The smallest absolute Gasteiger partial charge is 0.256 e. The van der Waals surface area contributed by atoms with Gasteiger partial charge >= 0.3 is 0 Å². The number of benzene rings is 2. The molecule has 0 saturated carbocycles. The fraction of sp³-hybridized carbons (Fsp3) is 0.208. The topological polar surface area (TPSA) is 79.5 Å². The molecule has 0 radical (unpaired) electrons. The lowest BCUT2D eigenvalue weighted by molar-refractivity contribution is 0.0741. The minimum atomic E-state index is -0.544. The SMILES string of the molecule is Cc1ccc(-c2ccc(C(=O)N3CCN(c4ncccc4C(N)=O)CC3)c(F)c2)cc1. The Bertz CT molecular complexity index is 1120. The molecule has 4 rings (SSSR count). The van der Waals surface area contributed by atoms with Gasteiger partial charge in [-0.2, -0.15) is 0 Å². The van der Waals surface area contributed by atoms with Crippen LogP contribution in [-0.2, 0) is 0 Å². The summed E-state index contributed by atoms with van der Waals surface area (Å²) in [4.78, 5) is 32.4. The second-order valence-electron chi connectivity index (χ2n) is 7.58. The van der Waals surface area contributed by atoms with Crippen LogP contribution < -0.4 is 10.6 Å². The van der Waals surface area contributed by atoms with E-state index >= 15 is 0 Å². The van der Waals surface area contributed by atoms with Crippen molar-refractivity contribution in [2.45, 2.75) is 6.92 Å². The first-order valence-electron chi connectivity index (χ1n) is 10.1. The van der Waals surface area contributed by atoms with E-state index in [0.717, 1.165) is 16.7 Å². The van der Waals surface area contributed by atoms with Crippen LogP contribution in [0.25, 0.3) is 11.1 Å². The molecular formula is C24H23FN4O2. The van der Waals surface area contributed by atoms with Crippen LogP contribution in [0.5, 0.6) is 0 Å². The van der Waals surface area contributed by atoms with Crippen LogP contribution in [0.2, 0.25) is 0 Å². The fourth-order valence-corrected chi connectivity index (χ4v) is 3.75. The summed E-state index contributed by atoms with van der Waals surface area (Å²) in [6.07, 6.45) is 1.60. The van der Waals surface area contributed by atoms with Gasteiger partial charge in [-0.15, -0.1) is 0 Å². The number of aromatic nitrogens is 1. The predicted molar refractivity (Wildman–Crippen MR) is 117 cm³/mol. The Hall–Kier alpha value is -3.74. The van der Waals surface area contributed by atoms with Crippen molar-refractivity contribution in [2.75, 3.05) is 31.1 Å². The normalized spacial score (nSPS) is 13.9. The number of nitrogens with two attached hydrogens (primary N) is 1. The van der Waals surface area contributed by atoms with Crippen LogP contribution in [0.15, 0.2) is 60.8 Å². The standard InChI is InChI=1S/C24H23FN4O2/c1-16-4-6-17(7-5-16)18-8-9-19(21(25)15-18)24(31)29-13-11-28(12-14-29)23-20(22(26)30)3-2-10-27-23/h2-10,15H,11-14H2,1H3,(H2,26,30). The Balaban J connectivity index is 1.47. The zero-order valence-corrected chi connectivity index (χ0v) is 17.2. The molecule has 0 unspecified atom stereocenters. The van der Waals surface area contributed by atoms with Crippen molar-refractivity contribution in [3.05, 3.63) is 83.3 Å². The van der Waals surface area contributed by atoms with E-state index in [9.17, 15) is 14.0 Å². The number of amides is 2. The van der Waals surface area contributed by atoms with Crippen LogP contribution in [0.1, 0.15) is 26.3 Å². The fourth-order valence-electron chi connectivity index (χ4n) is 3.75. The van der Waals surface area contributed by atoms with Gasteiger partial charge in [-0.1, -0.05) is 35.9 Å². The molecule has 2 N–H and O–H groups in total. The van der Waals surface area contributed by atoms with E-state index in [-0.39, 0.29) is 11.5 Å². The molecule has 0 bridgehead atoms. The van der Waals surface area contributed by atoms with Crippen molar-refractivity contribution >= 4 is 17.6 Å². The van der Waals surface area contributed by atoms with Crippen LogP contribution in [0, 0.1) is 12.7 Å². The lowest BCUT2D eigenvalue weighted by Crippen LogP contribution is -2.49. The molecule has 1 aromatic heterocycles. The molecular weight excluding hydrogens is 395 g/mol. The number of piperazine rings is 1. The van der Waals surface area contributed by atoms with E-state index < -0.39 is 11.7 Å². The highest BCUT2D eigenvalue weighted by molar-refractivity contribution is 5.98. The van der Waals surface area contributed by atoms with Crippen molar-refractivity contribution < 1.29 is 14.0 Å². The molecule has 0 atom stereocenters. The Labute approximate surface area is 180 Å². The van der Waals surface area contributed by atoms with E-state index in [0.29, 0.717) is 37.6 Å². The molecule has 1 saturated heterocycles. The van der Waals surface area contributed by atoms with Crippen LogP contribution in [0.4, 0.5) is 10.2 Å². The second-order valence-corrected chi connectivity index (χ2v) is 7.58. The van der Waals surface area contributed by atoms with Gasteiger partial charge in [0.05, 0.1) is 11.1 Å². The van der Waals surface area contributed by atoms with Crippen LogP contribution >= 0.6 is 0 Å². The predicted octanol–water partition coefficient (Wildman–Crippen LogP) is 3.26. The number of anilines is 1. The van der Waals surface area contributed by atoms with Gasteiger partial charge in [0.1, 0.15) is 11.6 Å². The summed E-state index contributed by atoms with van der Waals surface area (Å²) in [7, 11) is 0. The van der Waals surface area contributed by atoms with Gasteiger partial charge in [0, 0.05) is 32.4 Å². The lowest BCUT2D eigenvalue weighted by atomic mass is 10.0. The first kappa shape index (κ1) is 20.5. The van der Waals surface area contributed by atoms with Gasteiger partial charge in [-0.05, 0) is 42.3 Å². The Kier molecular flexibility index (Phi) is 5.66. The molecule has 0 aliphatic carbocycles. The largest absolute Gasteiger partial charge is 0.365 e. The maximum Gasteiger partial charge on any atom is 0.256 e. The summed E-state index contributed by atoms with van der Waals surface area (Å²) < 4.78 is 14.8. The summed E-state index contributed by atoms with van der Waals surface area (Å²) in [5.74, 6) is -0.914. The molecule has 2 amide bonds. The number of hydrogen-bond donors (Lipinski definition) is 1. The number of pyridine rings is 1. The molecule has 3 aromatic rings. The second kappa shape index (κ2) is 8.55. The van der Waals surface area contributed by atoms with Gasteiger partial charge in [-0.25, -0.2) is 9.37 Å². The van der Waals surface area contributed by atoms with E-state index in [1.54, 1.807) is 35.4 Å². The molecule has 7 heteroatoms. The molecule has 6 nitrogen and oxygen atoms in total. The highest BCUT2D eigenvalue weighted by Crippen LogP contribution is 2.24. The number of aryl methyl sites for hydroxylation is 1. The van der Waals surface area contributed by atoms with Crippen molar-refractivity contribution in [1.29, 1.82) is 0 Å². The number of carbonyl (C=O) groups is 2. The quantitative estimate of drug-likeness (QED) is 0.705. The number of rotatable bonds is 4. The van der Waals surface area contributed by atoms with E-state index in [2.05, 4.69) is 4.98 Å². The number of primary amides is 1. The summed E-state index contributed by atoms with van der Waals surface area (Å²) in [5.41, 5.74) is 8.60. The van der Waals surface area contributed by atoms with Crippen molar-refractivity contribution in [1.82, 2.24) is 9.88 Å². The summed E-state index contributed by atoms with van der Waals surface area (Å²) in [6.45, 7) is 3.74. The summed E-state index contributed by atoms with van der Waals surface area (Å²) >= 11 is 0. The van der Waals surface area contributed by atoms with Crippen LogP contribution in [0.3, 0.4) is 0 Å². The van der Waals surface area contributed by atoms with Gasteiger partial charge in [0.15, 0.2) is 0 Å². The average molecular weight is 418 g/mol. The Morgan fingerprint density at radius 2 is 1.61 bits per heavy atom. The van der Waals surface area contributed by atoms with Gasteiger partial charge < -0.3 is 15.5 Å². The zero-order valence-electron chi connectivity index (χ0n) is 17.2. The Morgan fingerprint density at radius 3 is 2.26 bits per heavy atom. The molecule has 1 aliphatic heterocycles. The van der Waals surface area contributed by atoms with E-state index in [1.807, 2.05) is 36.1 Å². The minimum absolute atomic E-state index is 0.0555. The monoisotopic (exact) mass is 418 g/mol. The number of hydrogen-bond acceptors (Lipinski definition) is 4. The van der Waals surface area contributed by atoms with Crippen molar-refractivity contribution in [3.63, 3.8) is 0 Å². The average Bonchev–Trinajstić information content (AvgIpc) is 2.79. The third-order valence-corrected chi connectivity index (χ3v) is 5.50.